The Labute approximate surface area is 346 Å². The molecule has 0 radical (unpaired) electrons. The molecule has 2 atom stereocenters. The third-order valence-corrected chi connectivity index (χ3v) is 9.18. The Morgan fingerprint density at radius 3 is 1.42 bits per heavy atom. The van der Waals surface area contributed by atoms with Gasteiger partial charge in [0.25, 0.3) is 0 Å². The molecule has 0 spiro atoms. The summed E-state index contributed by atoms with van der Waals surface area (Å²) in [7, 11) is -4.44. The van der Waals surface area contributed by atoms with Gasteiger partial charge in [-0.15, -0.1) is 0 Å². The van der Waals surface area contributed by atoms with Crippen molar-refractivity contribution in [3.05, 3.63) is 109 Å². The summed E-state index contributed by atoms with van der Waals surface area (Å²) in [4.78, 5) is 33.9. The zero-order chi connectivity index (χ0) is 41.8. The second-order valence-electron chi connectivity index (χ2n) is 13.5. The molecule has 0 fully saturated rings. The minimum atomic E-state index is -4.44. The van der Waals surface area contributed by atoms with Gasteiger partial charge in [-0.1, -0.05) is 142 Å². The van der Waals surface area contributed by atoms with Gasteiger partial charge in [-0.2, -0.15) is 0 Å². The number of carbonyl (C=O) groups excluding carboxylic acids is 2. The van der Waals surface area contributed by atoms with E-state index in [9.17, 15) is 24.2 Å². The van der Waals surface area contributed by atoms with Crippen LogP contribution < -0.4 is 5.32 Å². The van der Waals surface area contributed by atoms with Gasteiger partial charge in [0.2, 0.25) is 5.91 Å². The van der Waals surface area contributed by atoms with Crippen LogP contribution in [-0.2, 0) is 27.9 Å². The molecule has 0 saturated heterocycles. The normalized spacial score (nSPS) is 14.4. The molecule has 0 aromatic heterocycles. The highest BCUT2D eigenvalue weighted by Gasteiger charge is 2.23. The van der Waals surface area contributed by atoms with Gasteiger partial charge >= 0.3 is 13.8 Å². The highest BCUT2D eigenvalue weighted by Crippen LogP contribution is 2.42. The highest BCUT2D eigenvalue weighted by atomic mass is 31.2. The van der Waals surface area contributed by atoms with Crippen LogP contribution in [0.2, 0.25) is 0 Å². The van der Waals surface area contributed by atoms with E-state index in [1.165, 1.54) is 0 Å². The van der Waals surface area contributed by atoms with E-state index in [0.29, 0.717) is 12.8 Å². The minimum Gasteiger partial charge on any atom is -0.463 e. The van der Waals surface area contributed by atoms with Crippen molar-refractivity contribution < 1.29 is 37.9 Å². The molecule has 1 amide bonds. The summed E-state index contributed by atoms with van der Waals surface area (Å²) in [5, 5.41) is 12.7. The predicted octanol–water partition coefficient (Wildman–Crippen LogP) is 12.0. The molecule has 0 heterocycles. The van der Waals surface area contributed by atoms with E-state index in [-0.39, 0.29) is 32.1 Å². The molecule has 0 bridgehead atoms. The second kappa shape index (κ2) is 42.3. The molecule has 322 valence electrons. The number of ether oxygens (including phenoxy) is 1. The molecule has 0 aliphatic heterocycles. The zero-order valence-corrected chi connectivity index (χ0v) is 36.1. The van der Waals surface area contributed by atoms with Gasteiger partial charge in [0.05, 0.1) is 13.2 Å². The summed E-state index contributed by atoms with van der Waals surface area (Å²) in [5.41, 5.74) is 0. The Balaban J connectivity index is 3.72. The Bertz CT molecular complexity index is 1290. The number of carbonyl (C=O) groups is 2. The fraction of sp³-hybridized carbons (Fsp3) is 0.574. The van der Waals surface area contributed by atoms with Crippen LogP contribution in [0.3, 0.4) is 0 Å². The number of aliphatic hydroxyl groups excluding tert-OH is 1. The molecule has 0 aliphatic carbocycles. The average molecular weight is 814 g/mol. The number of hydrogen-bond donors (Lipinski definition) is 3. The van der Waals surface area contributed by atoms with Crippen LogP contribution in [0.1, 0.15) is 142 Å². The SMILES string of the molecule is CC/C=C\C/C=C\C/C=C\C/C=C\C/C=C\C/C=C\CCCCCCC(=O)OCC(O)COP(=O)(O)OCCNC(=O)CCCCC/C=C\C/C=C\C/C=C\CC. The molecule has 3 N–H and O–H groups in total. The topological polar surface area (TPSA) is 131 Å². The minimum absolute atomic E-state index is 0.0555. The molecule has 9 nitrogen and oxygen atoms in total. The summed E-state index contributed by atoms with van der Waals surface area (Å²) in [6, 6.07) is 0. The molecular formula is C47H76NO8P. The number of unbranched alkanes of at least 4 members (excludes halogenated alkanes) is 7. The van der Waals surface area contributed by atoms with Gasteiger partial charge in [-0.25, -0.2) is 4.57 Å². The Hall–Kier alpha value is -3.33. The van der Waals surface area contributed by atoms with E-state index < -0.39 is 26.5 Å². The number of phosphoric acid groups is 1. The first-order valence-electron chi connectivity index (χ1n) is 21.4. The largest absolute Gasteiger partial charge is 0.472 e. The predicted molar refractivity (Wildman–Crippen MR) is 238 cm³/mol. The van der Waals surface area contributed by atoms with E-state index in [0.717, 1.165) is 109 Å². The van der Waals surface area contributed by atoms with Crippen molar-refractivity contribution in [2.75, 3.05) is 26.4 Å². The van der Waals surface area contributed by atoms with E-state index in [1.54, 1.807) is 0 Å². The Morgan fingerprint density at radius 2 is 0.947 bits per heavy atom. The smallest absolute Gasteiger partial charge is 0.463 e. The lowest BCUT2D eigenvalue weighted by molar-refractivity contribution is -0.147. The molecule has 0 rings (SSSR count). The van der Waals surface area contributed by atoms with Gasteiger partial charge < -0.3 is 20.1 Å². The van der Waals surface area contributed by atoms with Crippen LogP contribution in [-0.4, -0.2) is 54.3 Å². The lowest BCUT2D eigenvalue weighted by atomic mass is 10.1. The standard InChI is InChI=1S/C47H76NO8P/c1-3-5-7-9-11-13-15-17-18-19-20-21-22-23-24-25-26-28-30-32-34-36-38-40-47(51)54-43-45(49)44-56-57(52,53)55-42-41-48-46(50)39-37-35-33-31-29-27-16-14-12-10-8-6-4-2/h5-8,11-14,17-18,20-21,23-24,26-29,45,49H,3-4,9-10,15-16,19,22,25,30-44H2,1-2H3,(H,48,50)(H,52,53)/b7-5-,8-6-,13-11-,14-12-,18-17-,21-20-,24-23-,28-26-,29-27-. The molecule has 0 aromatic rings. The van der Waals surface area contributed by atoms with Crippen LogP contribution in [0.4, 0.5) is 0 Å². The quantitative estimate of drug-likeness (QED) is 0.0243. The lowest BCUT2D eigenvalue weighted by Gasteiger charge is -2.15. The van der Waals surface area contributed by atoms with Crippen LogP contribution in [0, 0.1) is 0 Å². The Morgan fingerprint density at radius 1 is 0.544 bits per heavy atom. The van der Waals surface area contributed by atoms with Crippen molar-refractivity contribution in [2.45, 2.75) is 148 Å². The average Bonchev–Trinajstić information content (AvgIpc) is 3.20. The monoisotopic (exact) mass is 814 g/mol. The first-order valence-corrected chi connectivity index (χ1v) is 22.9. The maximum Gasteiger partial charge on any atom is 0.472 e. The number of nitrogens with one attached hydrogen (secondary N) is 1. The molecular weight excluding hydrogens is 737 g/mol. The van der Waals surface area contributed by atoms with Crippen LogP contribution >= 0.6 is 7.82 Å². The van der Waals surface area contributed by atoms with Crippen molar-refractivity contribution in [1.82, 2.24) is 5.32 Å². The van der Waals surface area contributed by atoms with Gasteiger partial charge in [0, 0.05) is 19.4 Å². The zero-order valence-electron chi connectivity index (χ0n) is 35.2. The molecule has 10 heteroatoms. The number of phosphoric ester groups is 1. The van der Waals surface area contributed by atoms with Crippen molar-refractivity contribution in [2.24, 2.45) is 0 Å². The van der Waals surface area contributed by atoms with Gasteiger partial charge in [-0.3, -0.25) is 18.6 Å². The van der Waals surface area contributed by atoms with Crippen LogP contribution in [0.25, 0.3) is 0 Å². The summed E-state index contributed by atoms with van der Waals surface area (Å²) >= 11 is 0. The van der Waals surface area contributed by atoms with E-state index >= 15 is 0 Å². The summed E-state index contributed by atoms with van der Waals surface area (Å²) in [6.45, 7) is 3.22. The van der Waals surface area contributed by atoms with E-state index in [2.05, 4.69) is 129 Å². The van der Waals surface area contributed by atoms with Crippen molar-refractivity contribution in [1.29, 1.82) is 0 Å². The number of allylic oxidation sites excluding steroid dienone is 18. The third kappa shape index (κ3) is 43.6. The third-order valence-electron chi connectivity index (χ3n) is 8.20. The molecule has 0 aliphatic rings. The van der Waals surface area contributed by atoms with Gasteiger partial charge in [0.15, 0.2) is 0 Å². The number of aliphatic hydroxyl groups is 1. The maximum atomic E-state index is 12.1. The number of esters is 1. The summed E-state index contributed by atoms with van der Waals surface area (Å²) in [5.74, 6) is -0.583. The molecule has 0 saturated carbocycles. The van der Waals surface area contributed by atoms with Gasteiger partial charge in [0.1, 0.15) is 12.7 Å². The number of rotatable bonds is 38. The highest BCUT2D eigenvalue weighted by molar-refractivity contribution is 7.47. The van der Waals surface area contributed by atoms with Crippen LogP contribution in [0.15, 0.2) is 109 Å². The fourth-order valence-electron chi connectivity index (χ4n) is 5.04. The maximum absolute atomic E-state index is 12.1. The molecule has 2 unspecified atom stereocenters. The number of hydrogen-bond acceptors (Lipinski definition) is 7. The van der Waals surface area contributed by atoms with Crippen molar-refractivity contribution in [3.8, 4) is 0 Å². The van der Waals surface area contributed by atoms with Crippen molar-refractivity contribution >= 4 is 19.7 Å². The lowest BCUT2D eigenvalue weighted by Crippen LogP contribution is -2.27. The first kappa shape index (κ1) is 53.7. The Kier molecular flexibility index (Phi) is 39.8. The first-order chi connectivity index (χ1) is 27.8. The molecule has 0 aromatic carbocycles. The van der Waals surface area contributed by atoms with Crippen LogP contribution in [0.5, 0.6) is 0 Å². The summed E-state index contributed by atoms with van der Waals surface area (Å²) in [6.07, 6.45) is 55.9. The number of amides is 1. The van der Waals surface area contributed by atoms with E-state index in [1.807, 2.05) is 0 Å². The van der Waals surface area contributed by atoms with Gasteiger partial charge in [-0.05, 0) is 96.3 Å². The molecule has 57 heavy (non-hydrogen) atoms. The van der Waals surface area contributed by atoms with E-state index in [4.69, 9.17) is 13.8 Å². The fourth-order valence-corrected chi connectivity index (χ4v) is 5.80. The van der Waals surface area contributed by atoms with Crippen molar-refractivity contribution in [3.63, 3.8) is 0 Å². The summed E-state index contributed by atoms with van der Waals surface area (Å²) < 4.78 is 26.8. The second-order valence-corrected chi connectivity index (χ2v) is 15.0.